The molecule has 0 unspecified atom stereocenters. The van der Waals surface area contributed by atoms with E-state index in [1.807, 2.05) is 0 Å². The third-order valence-electron chi connectivity index (χ3n) is 2.96. The van der Waals surface area contributed by atoms with Gasteiger partial charge in [0.05, 0.1) is 6.54 Å². The molecule has 1 nitrogen and oxygen atoms in total. The first-order chi connectivity index (χ1) is 5.00. The summed E-state index contributed by atoms with van der Waals surface area (Å²) in [4.78, 5) is 0. The van der Waals surface area contributed by atoms with Crippen LogP contribution in [0.1, 0.15) is 27.7 Å². The molecule has 0 amide bonds. The van der Waals surface area contributed by atoms with E-state index in [9.17, 15) is 0 Å². The zero-order valence-electron chi connectivity index (χ0n) is 8.15. The zero-order valence-corrected chi connectivity index (χ0v) is 8.15. The molecule has 0 saturated heterocycles. The predicted octanol–water partition coefficient (Wildman–Crippen LogP) is 1.47. The van der Waals surface area contributed by atoms with E-state index < -0.39 is 0 Å². The van der Waals surface area contributed by atoms with Crippen LogP contribution in [0, 0.1) is 17.3 Å². The van der Waals surface area contributed by atoms with Crippen LogP contribution in [0.15, 0.2) is 11.6 Å². The van der Waals surface area contributed by atoms with E-state index in [1.54, 1.807) is 0 Å². The number of allylic oxidation sites excluding steroid dienone is 2. The minimum atomic E-state index is 0.527. The Morgan fingerprint density at radius 2 is 2.00 bits per heavy atom. The molecule has 1 heteroatoms. The Kier molecular flexibility index (Phi) is 2.10. The maximum absolute atomic E-state index is 3.97. The fourth-order valence-electron chi connectivity index (χ4n) is 2.03. The lowest BCUT2D eigenvalue weighted by Gasteiger charge is -1.97. The molecule has 64 valence electrons. The number of hydrogen-bond acceptors (Lipinski definition) is 0. The standard InChI is InChI=1S/C10H19N/c1-7(2)5-8-9(6-11)10(8,3)4/h5,8-9H,6,11H2,1-4H3/p+1/t8-,9+/m1/s1. The average molecular weight is 154 g/mol. The van der Waals surface area contributed by atoms with Gasteiger partial charge in [0.2, 0.25) is 0 Å². The first kappa shape index (κ1) is 8.79. The summed E-state index contributed by atoms with van der Waals surface area (Å²) >= 11 is 0. The van der Waals surface area contributed by atoms with E-state index in [4.69, 9.17) is 0 Å². The highest BCUT2D eigenvalue weighted by Crippen LogP contribution is 2.58. The van der Waals surface area contributed by atoms with Gasteiger partial charge in [-0.2, -0.15) is 0 Å². The fourth-order valence-corrected chi connectivity index (χ4v) is 2.03. The molecule has 0 bridgehead atoms. The van der Waals surface area contributed by atoms with E-state index in [0.717, 1.165) is 18.4 Å². The lowest BCUT2D eigenvalue weighted by Crippen LogP contribution is -2.52. The van der Waals surface area contributed by atoms with Gasteiger partial charge in [-0.25, -0.2) is 0 Å². The van der Waals surface area contributed by atoms with Gasteiger partial charge in [0.15, 0.2) is 0 Å². The van der Waals surface area contributed by atoms with Crippen molar-refractivity contribution in [2.24, 2.45) is 17.3 Å². The second-order valence-corrected chi connectivity index (χ2v) is 4.49. The smallest absolute Gasteiger partial charge is 0.0779 e. The maximum atomic E-state index is 3.97. The Morgan fingerprint density at radius 3 is 2.27 bits per heavy atom. The first-order valence-corrected chi connectivity index (χ1v) is 4.44. The minimum Gasteiger partial charge on any atom is -0.357 e. The van der Waals surface area contributed by atoms with Crippen molar-refractivity contribution in [3.8, 4) is 0 Å². The summed E-state index contributed by atoms with van der Waals surface area (Å²) in [6.07, 6.45) is 2.40. The van der Waals surface area contributed by atoms with Crippen molar-refractivity contribution >= 4 is 0 Å². The van der Waals surface area contributed by atoms with Crippen molar-refractivity contribution in [1.29, 1.82) is 0 Å². The molecule has 0 radical (unpaired) electrons. The third-order valence-corrected chi connectivity index (χ3v) is 2.96. The summed E-state index contributed by atoms with van der Waals surface area (Å²) in [7, 11) is 0. The van der Waals surface area contributed by atoms with Gasteiger partial charge in [-0.3, -0.25) is 0 Å². The van der Waals surface area contributed by atoms with Gasteiger partial charge in [0.1, 0.15) is 0 Å². The molecule has 1 fully saturated rings. The highest BCUT2D eigenvalue weighted by molar-refractivity contribution is 5.16. The van der Waals surface area contributed by atoms with Crippen molar-refractivity contribution in [3.05, 3.63) is 11.6 Å². The number of rotatable bonds is 2. The van der Waals surface area contributed by atoms with Gasteiger partial charge < -0.3 is 5.73 Å². The molecule has 0 aromatic rings. The SMILES string of the molecule is CC(C)=C[C@@H]1[C@H](C[NH3+])C1(C)C. The minimum absolute atomic E-state index is 0.527. The maximum Gasteiger partial charge on any atom is 0.0779 e. The van der Waals surface area contributed by atoms with Crippen molar-refractivity contribution < 1.29 is 5.73 Å². The molecule has 0 spiro atoms. The van der Waals surface area contributed by atoms with Crippen LogP contribution in [-0.4, -0.2) is 6.54 Å². The molecule has 3 N–H and O–H groups in total. The molecule has 1 aliphatic carbocycles. The monoisotopic (exact) mass is 154 g/mol. The molecule has 0 heterocycles. The molecule has 1 saturated carbocycles. The summed E-state index contributed by atoms with van der Waals surface area (Å²) in [6.45, 7) is 10.1. The lowest BCUT2D eigenvalue weighted by atomic mass is 10.1. The molecule has 11 heavy (non-hydrogen) atoms. The molecule has 2 atom stereocenters. The zero-order chi connectivity index (χ0) is 8.65. The molecule has 0 aromatic carbocycles. The van der Waals surface area contributed by atoms with E-state index in [0.29, 0.717) is 5.41 Å². The van der Waals surface area contributed by atoms with Gasteiger partial charge in [-0.1, -0.05) is 25.5 Å². The van der Waals surface area contributed by atoms with Crippen LogP contribution in [0.4, 0.5) is 0 Å². The third kappa shape index (κ3) is 1.48. The van der Waals surface area contributed by atoms with Gasteiger partial charge in [0, 0.05) is 5.92 Å². The van der Waals surface area contributed by atoms with Crippen LogP contribution >= 0.6 is 0 Å². The molecule has 1 aliphatic rings. The van der Waals surface area contributed by atoms with Gasteiger partial charge >= 0.3 is 0 Å². The molecule has 1 rings (SSSR count). The lowest BCUT2D eigenvalue weighted by molar-refractivity contribution is -0.374. The van der Waals surface area contributed by atoms with E-state index in [-0.39, 0.29) is 0 Å². The van der Waals surface area contributed by atoms with Crippen LogP contribution in [-0.2, 0) is 0 Å². The predicted molar refractivity (Wildman–Crippen MR) is 47.9 cm³/mol. The number of hydrogen-bond donors (Lipinski definition) is 1. The Balaban J connectivity index is 2.59. The van der Waals surface area contributed by atoms with Crippen LogP contribution < -0.4 is 5.73 Å². The van der Waals surface area contributed by atoms with Crippen LogP contribution in [0.2, 0.25) is 0 Å². The highest BCUT2D eigenvalue weighted by atomic mass is 14.7. The normalized spacial score (nSPS) is 33.2. The topological polar surface area (TPSA) is 27.6 Å². The number of quaternary nitrogens is 1. The van der Waals surface area contributed by atoms with Crippen molar-refractivity contribution in [3.63, 3.8) is 0 Å². The van der Waals surface area contributed by atoms with Crippen LogP contribution in [0.25, 0.3) is 0 Å². The van der Waals surface area contributed by atoms with Crippen molar-refractivity contribution in [2.75, 3.05) is 6.54 Å². The molecular weight excluding hydrogens is 134 g/mol. The van der Waals surface area contributed by atoms with E-state index in [1.165, 1.54) is 5.57 Å². The van der Waals surface area contributed by atoms with E-state index >= 15 is 0 Å². The second kappa shape index (κ2) is 2.63. The first-order valence-electron chi connectivity index (χ1n) is 4.44. The Morgan fingerprint density at radius 1 is 1.45 bits per heavy atom. The quantitative estimate of drug-likeness (QED) is 0.583. The molecule has 0 aromatic heterocycles. The molecular formula is C10H20N+. The highest BCUT2D eigenvalue weighted by Gasteiger charge is 2.56. The summed E-state index contributed by atoms with van der Waals surface area (Å²) < 4.78 is 0. The van der Waals surface area contributed by atoms with Crippen LogP contribution in [0.5, 0.6) is 0 Å². The Hall–Kier alpha value is -0.300. The van der Waals surface area contributed by atoms with Crippen molar-refractivity contribution in [2.45, 2.75) is 27.7 Å². The largest absolute Gasteiger partial charge is 0.357 e. The van der Waals surface area contributed by atoms with Crippen molar-refractivity contribution in [1.82, 2.24) is 0 Å². The van der Waals surface area contributed by atoms with Gasteiger partial charge in [0.25, 0.3) is 0 Å². The Labute approximate surface area is 69.7 Å². The summed E-state index contributed by atoms with van der Waals surface area (Å²) in [5.41, 5.74) is 5.94. The summed E-state index contributed by atoms with van der Waals surface area (Å²) in [5, 5.41) is 0. The van der Waals surface area contributed by atoms with Gasteiger partial charge in [-0.15, -0.1) is 0 Å². The average Bonchev–Trinajstić information content (AvgIpc) is 2.33. The summed E-state index contributed by atoms with van der Waals surface area (Å²) in [6, 6.07) is 0. The second-order valence-electron chi connectivity index (χ2n) is 4.49. The van der Waals surface area contributed by atoms with Gasteiger partial charge in [-0.05, 0) is 25.2 Å². The fraction of sp³-hybridized carbons (Fsp3) is 0.800. The van der Waals surface area contributed by atoms with E-state index in [2.05, 4.69) is 39.5 Å². The summed E-state index contributed by atoms with van der Waals surface area (Å²) in [5.74, 6) is 1.63. The Bertz CT molecular complexity index is 175. The van der Waals surface area contributed by atoms with Crippen LogP contribution in [0.3, 0.4) is 0 Å². The molecule has 0 aliphatic heterocycles.